The molecule has 2 saturated heterocycles. The lowest BCUT2D eigenvalue weighted by Gasteiger charge is -2.36. The fraction of sp³-hybridized carbons (Fsp3) is 0.542. The summed E-state index contributed by atoms with van der Waals surface area (Å²) in [4.78, 5) is 24.3. The van der Waals surface area contributed by atoms with Crippen molar-refractivity contribution in [3.05, 3.63) is 59.2 Å². The van der Waals surface area contributed by atoms with Crippen molar-refractivity contribution in [3.63, 3.8) is 0 Å². The molecule has 2 aromatic rings. The van der Waals surface area contributed by atoms with Gasteiger partial charge in [0.15, 0.2) is 0 Å². The molecule has 1 aromatic heterocycles. The molecule has 0 bridgehead atoms. The maximum atomic E-state index is 13.0. The van der Waals surface area contributed by atoms with Crippen molar-refractivity contribution in [2.75, 3.05) is 26.3 Å². The number of carbonyl (C=O) groups is 1. The average molecular weight is 410 g/mol. The highest BCUT2D eigenvalue weighted by molar-refractivity contribution is 5.79. The molecule has 6 nitrogen and oxygen atoms in total. The highest BCUT2D eigenvalue weighted by Gasteiger charge is 2.32. The number of carbonyl (C=O) groups excluding carboxylic acids is 1. The number of hydrogen-bond donors (Lipinski definition) is 0. The van der Waals surface area contributed by atoms with E-state index in [-0.39, 0.29) is 17.7 Å². The van der Waals surface area contributed by atoms with Crippen LogP contribution in [0.1, 0.15) is 54.2 Å². The van der Waals surface area contributed by atoms with E-state index in [0.717, 1.165) is 61.4 Å². The van der Waals surface area contributed by atoms with E-state index >= 15 is 0 Å². The molecule has 0 radical (unpaired) electrons. The molecule has 0 spiro atoms. The molecular weight excluding hydrogens is 378 g/mol. The zero-order valence-electron chi connectivity index (χ0n) is 17.8. The molecule has 0 aliphatic carbocycles. The van der Waals surface area contributed by atoms with Gasteiger partial charge in [-0.25, -0.2) is 9.97 Å². The smallest absolute Gasteiger partial charge is 0.225 e. The molecule has 30 heavy (non-hydrogen) atoms. The molecule has 1 aromatic carbocycles. The number of aromatic nitrogens is 2. The Morgan fingerprint density at radius 1 is 1.17 bits per heavy atom. The van der Waals surface area contributed by atoms with Crippen molar-refractivity contribution in [3.8, 4) is 0 Å². The Bertz CT molecular complexity index is 837. The van der Waals surface area contributed by atoms with Crippen LogP contribution in [0, 0.1) is 12.8 Å². The van der Waals surface area contributed by atoms with Crippen molar-refractivity contribution in [2.45, 2.75) is 51.7 Å². The van der Waals surface area contributed by atoms with Crippen molar-refractivity contribution < 1.29 is 14.3 Å². The predicted octanol–water partition coefficient (Wildman–Crippen LogP) is 3.63. The van der Waals surface area contributed by atoms with Gasteiger partial charge < -0.3 is 14.4 Å². The average Bonchev–Trinajstić information content (AvgIpc) is 2.81. The van der Waals surface area contributed by atoms with Crippen LogP contribution in [0.3, 0.4) is 0 Å². The summed E-state index contributed by atoms with van der Waals surface area (Å²) in [6, 6.07) is 10.2. The van der Waals surface area contributed by atoms with Gasteiger partial charge in [-0.3, -0.25) is 4.79 Å². The van der Waals surface area contributed by atoms with Crippen LogP contribution < -0.4 is 0 Å². The normalized spacial score (nSPS) is 20.3. The van der Waals surface area contributed by atoms with Gasteiger partial charge in [0.2, 0.25) is 5.91 Å². The van der Waals surface area contributed by atoms with Gasteiger partial charge in [0.1, 0.15) is 5.82 Å². The van der Waals surface area contributed by atoms with Crippen LogP contribution in [0.4, 0.5) is 0 Å². The van der Waals surface area contributed by atoms with Gasteiger partial charge in [-0.15, -0.1) is 0 Å². The summed E-state index contributed by atoms with van der Waals surface area (Å²) in [5.74, 6) is 1.40. The second kappa shape index (κ2) is 10.1. The monoisotopic (exact) mass is 409 g/mol. The lowest BCUT2D eigenvalue weighted by atomic mass is 9.90. The van der Waals surface area contributed by atoms with Gasteiger partial charge in [-0.1, -0.05) is 30.3 Å². The van der Waals surface area contributed by atoms with Crippen molar-refractivity contribution in [1.82, 2.24) is 14.9 Å². The Kier molecular flexibility index (Phi) is 7.07. The van der Waals surface area contributed by atoms with E-state index in [4.69, 9.17) is 14.5 Å². The summed E-state index contributed by atoms with van der Waals surface area (Å²) in [6.07, 6.45) is 5.62. The summed E-state index contributed by atoms with van der Waals surface area (Å²) in [5, 5.41) is 0. The molecule has 2 aliphatic rings. The molecule has 2 fully saturated rings. The number of likely N-dealkylation sites (tertiary alicyclic amines) is 1. The lowest BCUT2D eigenvalue weighted by Crippen LogP contribution is -2.44. The molecule has 2 aliphatic heterocycles. The molecule has 1 unspecified atom stereocenters. The fourth-order valence-electron chi connectivity index (χ4n) is 4.43. The van der Waals surface area contributed by atoms with E-state index in [9.17, 15) is 4.79 Å². The minimum atomic E-state index is 0.110. The summed E-state index contributed by atoms with van der Waals surface area (Å²) < 4.78 is 11.4. The number of nitrogens with zero attached hydrogens (tertiary/aromatic N) is 3. The Morgan fingerprint density at radius 2 is 1.97 bits per heavy atom. The largest absolute Gasteiger partial charge is 0.381 e. The van der Waals surface area contributed by atoms with Crippen LogP contribution in [0.15, 0.2) is 36.5 Å². The molecule has 1 atom stereocenters. The number of hydrogen-bond acceptors (Lipinski definition) is 5. The van der Waals surface area contributed by atoms with Gasteiger partial charge in [0.05, 0.1) is 18.9 Å². The van der Waals surface area contributed by atoms with Gasteiger partial charge in [0.25, 0.3) is 0 Å². The Labute approximate surface area is 178 Å². The van der Waals surface area contributed by atoms with E-state index in [1.165, 1.54) is 0 Å². The summed E-state index contributed by atoms with van der Waals surface area (Å²) in [5.41, 5.74) is 3.22. The maximum Gasteiger partial charge on any atom is 0.225 e. The zero-order chi connectivity index (χ0) is 20.8. The molecule has 4 rings (SSSR count). The van der Waals surface area contributed by atoms with Crippen LogP contribution in [0.5, 0.6) is 0 Å². The summed E-state index contributed by atoms with van der Waals surface area (Å²) in [7, 11) is 0. The third-order valence-corrected chi connectivity index (χ3v) is 6.08. The van der Waals surface area contributed by atoms with E-state index in [1.54, 1.807) is 0 Å². The Balaban J connectivity index is 1.42. The lowest BCUT2D eigenvalue weighted by molar-refractivity contribution is -0.139. The van der Waals surface area contributed by atoms with Crippen LogP contribution in [-0.2, 0) is 27.5 Å². The third kappa shape index (κ3) is 5.24. The summed E-state index contributed by atoms with van der Waals surface area (Å²) in [6.45, 7) is 5.94. The fourth-order valence-corrected chi connectivity index (χ4v) is 4.43. The first kappa shape index (κ1) is 20.9. The van der Waals surface area contributed by atoms with Crippen LogP contribution in [0.2, 0.25) is 0 Å². The van der Waals surface area contributed by atoms with E-state index in [1.807, 2.05) is 31.3 Å². The minimum Gasteiger partial charge on any atom is -0.381 e. The van der Waals surface area contributed by atoms with Crippen LogP contribution in [-0.4, -0.2) is 47.1 Å². The highest BCUT2D eigenvalue weighted by atomic mass is 16.5. The first-order chi connectivity index (χ1) is 14.7. The van der Waals surface area contributed by atoms with Crippen LogP contribution >= 0.6 is 0 Å². The summed E-state index contributed by atoms with van der Waals surface area (Å²) >= 11 is 0. The molecule has 1 amide bonds. The van der Waals surface area contributed by atoms with Crippen molar-refractivity contribution in [1.29, 1.82) is 0 Å². The van der Waals surface area contributed by atoms with E-state index in [0.29, 0.717) is 26.4 Å². The van der Waals surface area contributed by atoms with E-state index in [2.05, 4.69) is 22.0 Å². The third-order valence-electron chi connectivity index (χ3n) is 6.08. The highest BCUT2D eigenvalue weighted by Crippen LogP contribution is 2.30. The zero-order valence-corrected chi connectivity index (χ0v) is 17.8. The van der Waals surface area contributed by atoms with Gasteiger partial charge in [-0.2, -0.15) is 0 Å². The predicted molar refractivity (Wildman–Crippen MR) is 114 cm³/mol. The number of amides is 1. The molecular formula is C24H31N3O3. The number of aryl methyl sites for hydroxylation is 1. The quantitative estimate of drug-likeness (QED) is 0.729. The number of benzene rings is 1. The van der Waals surface area contributed by atoms with Gasteiger partial charge in [0, 0.05) is 49.9 Å². The van der Waals surface area contributed by atoms with Gasteiger partial charge in [-0.05, 0) is 38.2 Å². The Hall–Kier alpha value is -2.31. The van der Waals surface area contributed by atoms with Gasteiger partial charge >= 0.3 is 0 Å². The maximum absolute atomic E-state index is 13.0. The van der Waals surface area contributed by atoms with E-state index < -0.39 is 0 Å². The first-order valence-corrected chi connectivity index (χ1v) is 11.0. The standard InChI is InChI=1S/C24H31N3O3/c1-18-25-14-22(17-30-16-19-6-3-2-4-7-19)23(26-18)21-8-5-11-27(15-21)24(28)20-9-12-29-13-10-20/h2-4,6-7,14,20-21H,5,8-13,15-17H2,1H3. The molecule has 0 N–H and O–H groups in total. The van der Waals surface area contributed by atoms with Crippen LogP contribution in [0.25, 0.3) is 0 Å². The van der Waals surface area contributed by atoms with Crippen molar-refractivity contribution in [2.24, 2.45) is 5.92 Å². The van der Waals surface area contributed by atoms with Crippen molar-refractivity contribution >= 4 is 5.91 Å². The Morgan fingerprint density at radius 3 is 2.77 bits per heavy atom. The number of ether oxygens (including phenoxy) is 2. The molecule has 6 heteroatoms. The first-order valence-electron chi connectivity index (χ1n) is 11.0. The molecule has 160 valence electrons. The molecule has 3 heterocycles. The second-order valence-corrected chi connectivity index (χ2v) is 8.32. The molecule has 0 saturated carbocycles. The number of piperidine rings is 1. The topological polar surface area (TPSA) is 64.5 Å². The SMILES string of the molecule is Cc1ncc(COCc2ccccc2)c(C2CCCN(C(=O)C3CCOCC3)C2)n1. The minimum absolute atomic E-state index is 0.110. The second-order valence-electron chi connectivity index (χ2n) is 8.32. The number of rotatable bonds is 6.